The number of ether oxygens (including phenoxy) is 1. The van der Waals surface area contributed by atoms with Crippen LogP contribution < -0.4 is 10.1 Å². The molecule has 0 radical (unpaired) electrons. The van der Waals surface area contributed by atoms with Crippen LogP contribution in [0.25, 0.3) is 10.8 Å². The first-order valence-corrected chi connectivity index (χ1v) is 10.5. The monoisotopic (exact) mass is 449 g/mol. The molecule has 4 rings (SSSR count). The van der Waals surface area contributed by atoms with Crippen molar-refractivity contribution >= 4 is 34.0 Å². The lowest BCUT2D eigenvalue weighted by Gasteiger charge is -2.17. The lowest BCUT2D eigenvalue weighted by atomic mass is 10.0. The van der Waals surface area contributed by atoms with E-state index in [1.165, 1.54) is 12.1 Å². The van der Waals surface area contributed by atoms with Gasteiger partial charge >= 0.3 is 5.97 Å². The van der Waals surface area contributed by atoms with Crippen molar-refractivity contribution in [2.24, 2.45) is 0 Å². The molecule has 0 aromatic heterocycles. The number of hydrogen-bond donors (Lipinski definition) is 2. The molecule has 0 aliphatic carbocycles. The van der Waals surface area contributed by atoms with Crippen molar-refractivity contribution in [3.05, 3.63) is 106 Å². The smallest absolute Gasteiger partial charge is 0.336 e. The molecule has 4 nitrogen and oxygen atoms in total. The molecule has 32 heavy (non-hydrogen) atoms. The second-order valence-corrected chi connectivity index (χ2v) is 7.83. The lowest BCUT2D eigenvalue weighted by molar-refractivity contribution is 0.0696. The number of anilines is 1. The predicted molar refractivity (Wildman–Crippen MR) is 125 cm³/mol. The van der Waals surface area contributed by atoms with E-state index in [-0.39, 0.29) is 12.2 Å². The first-order chi connectivity index (χ1) is 15.4. The number of rotatable bonds is 7. The lowest BCUT2D eigenvalue weighted by Crippen LogP contribution is -2.08. The van der Waals surface area contributed by atoms with E-state index in [9.17, 15) is 14.3 Å². The molecule has 0 heterocycles. The number of hydrogen-bond acceptors (Lipinski definition) is 3. The van der Waals surface area contributed by atoms with Crippen LogP contribution in [0.2, 0.25) is 5.02 Å². The van der Waals surface area contributed by atoms with E-state index >= 15 is 0 Å². The highest BCUT2D eigenvalue weighted by molar-refractivity contribution is 6.31. The summed E-state index contributed by atoms with van der Waals surface area (Å²) in [6, 6.07) is 21.2. The Morgan fingerprint density at radius 1 is 1.06 bits per heavy atom. The average Bonchev–Trinajstić information content (AvgIpc) is 2.78. The van der Waals surface area contributed by atoms with Crippen LogP contribution in [-0.4, -0.2) is 11.1 Å². The third kappa shape index (κ3) is 4.53. The molecule has 0 atom stereocenters. The van der Waals surface area contributed by atoms with Crippen LogP contribution in [0, 0.1) is 12.7 Å². The van der Waals surface area contributed by atoms with Gasteiger partial charge in [0.15, 0.2) is 0 Å². The van der Waals surface area contributed by atoms with Crippen LogP contribution in [0.15, 0.2) is 72.8 Å². The highest BCUT2D eigenvalue weighted by atomic mass is 35.5. The van der Waals surface area contributed by atoms with E-state index in [2.05, 4.69) is 5.32 Å². The first kappa shape index (κ1) is 21.7. The standard InChI is InChI=1S/C26H21ClFNO3/c1-16-20(26(30)31)7-4-8-24(16)29-14-22-21-6-3-2-5-17(21)10-12-25(22)32-15-18-9-11-19(28)13-23(18)27/h2-13,29H,14-15H2,1H3,(H,30,31). The molecule has 0 aliphatic rings. The topological polar surface area (TPSA) is 58.6 Å². The van der Waals surface area contributed by atoms with Crippen molar-refractivity contribution in [2.45, 2.75) is 20.1 Å². The third-order valence-corrected chi connectivity index (χ3v) is 5.77. The highest BCUT2D eigenvalue weighted by Gasteiger charge is 2.13. The van der Waals surface area contributed by atoms with Crippen molar-refractivity contribution < 1.29 is 19.0 Å². The summed E-state index contributed by atoms with van der Waals surface area (Å²) in [6.07, 6.45) is 0. The Balaban J connectivity index is 1.65. The van der Waals surface area contributed by atoms with Crippen LogP contribution in [-0.2, 0) is 13.2 Å². The van der Waals surface area contributed by atoms with Crippen LogP contribution in [0.3, 0.4) is 0 Å². The maximum atomic E-state index is 13.4. The molecule has 0 saturated carbocycles. The number of halogens is 2. The number of nitrogens with one attached hydrogen (secondary N) is 1. The van der Waals surface area contributed by atoms with E-state index in [0.29, 0.717) is 28.4 Å². The molecular formula is C26H21ClFNO3. The van der Waals surface area contributed by atoms with Gasteiger partial charge in [-0.2, -0.15) is 0 Å². The molecule has 0 bridgehead atoms. The molecule has 6 heteroatoms. The highest BCUT2D eigenvalue weighted by Crippen LogP contribution is 2.31. The fourth-order valence-corrected chi connectivity index (χ4v) is 3.89. The summed E-state index contributed by atoms with van der Waals surface area (Å²) in [5.74, 6) is -0.687. The minimum atomic E-state index is -0.962. The van der Waals surface area contributed by atoms with Crippen molar-refractivity contribution in [1.82, 2.24) is 0 Å². The maximum Gasteiger partial charge on any atom is 0.336 e. The van der Waals surface area contributed by atoms with E-state index in [0.717, 1.165) is 22.0 Å². The summed E-state index contributed by atoms with van der Waals surface area (Å²) < 4.78 is 19.4. The quantitative estimate of drug-likeness (QED) is 0.324. The zero-order valence-corrected chi connectivity index (χ0v) is 18.1. The van der Waals surface area contributed by atoms with Crippen LogP contribution in [0.5, 0.6) is 5.75 Å². The molecule has 4 aromatic carbocycles. The Kier molecular flexibility index (Phi) is 6.28. The molecule has 0 fully saturated rings. The van der Waals surface area contributed by atoms with Crippen LogP contribution in [0.1, 0.15) is 27.0 Å². The third-order valence-electron chi connectivity index (χ3n) is 5.42. The molecular weight excluding hydrogens is 429 g/mol. The largest absolute Gasteiger partial charge is 0.488 e. The number of carboxylic acids is 1. The molecule has 4 aromatic rings. The van der Waals surface area contributed by atoms with Gasteiger partial charge < -0.3 is 15.2 Å². The number of benzene rings is 4. The first-order valence-electron chi connectivity index (χ1n) is 10.1. The Labute approximate surface area is 190 Å². The van der Waals surface area contributed by atoms with Gasteiger partial charge in [0.05, 0.1) is 10.6 Å². The summed E-state index contributed by atoms with van der Waals surface area (Å²) in [5, 5.41) is 15.1. The zero-order valence-electron chi connectivity index (χ0n) is 17.4. The van der Waals surface area contributed by atoms with E-state index < -0.39 is 11.8 Å². The summed E-state index contributed by atoms with van der Waals surface area (Å²) >= 11 is 6.15. The summed E-state index contributed by atoms with van der Waals surface area (Å²) in [6.45, 7) is 2.40. The number of carbonyl (C=O) groups is 1. The Morgan fingerprint density at radius 2 is 1.88 bits per heavy atom. The van der Waals surface area contributed by atoms with Gasteiger partial charge in [-0.3, -0.25) is 0 Å². The number of aromatic carboxylic acids is 1. The van der Waals surface area contributed by atoms with E-state index in [4.69, 9.17) is 16.3 Å². The van der Waals surface area contributed by atoms with Crippen molar-refractivity contribution in [3.63, 3.8) is 0 Å². The minimum Gasteiger partial charge on any atom is -0.488 e. The molecule has 162 valence electrons. The maximum absolute atomic E-state index is 13.4. The molecule has 0 saturated heterocycles. The van der Waals surface area contributed by atoms with Crippen LogP contribution in [0.4, 0.5) is 10.1 Å². The molecule has 0 aliphatic heterocycles. The SMILES string of the molecule is Cc1c(NCc2c(OCc3ccc(F)cc3Cl)ccc3ccccc23)cccc1C(=O)O. The van der Waals surface area contributed by atoms with Crippen LogP contribution >= 0.6 is 11.6 Å². The molecule has 2 N–H and O–H groups in total. The van der Waals surface area contributed by atoms with Gasteiger partial charge in [-0.15, -0.1) is 0 Å². The Hall–Kier alpha value is -3.57. The summed E-state index contributed by atoms with van der Waals surface area (Å²) in [7, 11) is 0. The second kappa shape index (κ2) is 9.28. The van der Waals surface area contributed by atoms with Gasteiger partial charge in [-0.05, 0) is 53.6 Å². The summed E-state index contributed by atoms with van der Waals surface area (Å²) in [4.78, 5) is 11.5. The second-order valence-electron chi connectivity index (χ2n) is 7.42. The van der Waals surface area contributed by atoms with Gasteiger partial charge in [-0.25, -0.2) is 9.18 Å². The number of carboxylic acid groups (broad SMARTS) is 1. The number of fused-ring (bicyclic) bond motifs is 1. The zero-order chi connectivity index (χ0) is 22.7. The average molecular weight is 450 g/mol. The van der Waals surface area contributed by atoms with Crippen molar-refractivity contribution in [1.29, 1.82) is 0 Å². The van der Waals surface area contributed by atoms with Gasteiger partial charge in [-0.1, -0.05) is 54.1 Å². The van der Waals surface area contributed by atoms with E-state index in [1.54, 1.807) is 25.1 Å². The molecule has 0 amide bonds. The molecule has 0 spiro atoms. The Morgan fingerprint density at radius 3 is 2.66 bits per heavy atom. The van der Waals surface area contributed by atoms with Crippen molar-refractivity contribution in [3.8, 4) is 5.75 Å². The predicted octanol–water partition coefficient (Wildman–Crippen LogP) is 6.83. The van der Waals surface area contributed by atoms with Crippen molar-refractivity contribution in [2.75, 3.05) is 5.32 Å². The fraction of sp³-hybridized carbons (Fsp3) is 0.115. The fourth-order valence-electron chi connectivity index (χ4n) is 3.67. The van der Waals surface area contributed by atoms with Gasteiger partial charge in [0.2, 0.25) is 0 Å². The van der Waals surface area contributed by atoms with Gasteiger partial charge in [0.25, 0.3) is 0 Å². The van der Waals surface area contributed by atoms with Gasteiger partial charge in [0.1, 0.15) is 18.2 Å². The minimum absolute atomic E-state index is 0.192. The normalized spacial score (nSPS) is 10.8. The summed E-state index contributed by atoms with van der Waals surface area (Å²) in [5.41, 5.74) is 3.29. The van der Waals surface area contributed by atoms with E-state index in [1.807, 2.05) is 42.5 Å². The van der Waals surface area contributed by atoms with Gasteiger partial charge in [0, 0.05) is 23.4 Å². The molecule has 0 unspecified atom stereocenters. The Bertz CT molecular complexity index is 1310.